The van der Waals surface area contributed by atoms with Crippen molar-refractivity contribution in [1.29, 1.82) is 10.5 Å². The average molecular weight is 312 g/mol. The van der Waals surface area contributed by atoms with E-state index in [0.29, 0.717) is 22.6 Å². The molecule has 7 heteroatoms. The summed E-state index contributed by atoms with van der Waals surface area (Å²) in [6, 6.07) is 9.15. The van der Waals surface area contributed by atoms with Gasteiger partial charge in [0.15, 0.2) is 11.5 Å². The van der Waals surface area contributed by atoms with Gasteiger partial charge >= 0.3 is 0 Å². The number of hydrogen-bond donors (Lipinski definition) is 1. The number of nitrogens with two attached hydrogens (primary N) is 1. The molecule has 1 unspecified atom stereocenters. The standard InChI is InChI=1S/C15H12N4O2S/c1-20-11-4-3-8(5-12(11)21-2)13-9(6-16)14(18)19-15(22)10(13)7-17/h3-5,9H,1-2H3,(H2,18,19,22). The highest BCUT2D eigenvalue weighted by atomic mass is 32.1. The molecule has 2 N–H and O–H groups in total. The molecule has 1 atom stereocenters. The van der Waals surface area contributed by atoms with E-state index in [1.54, 1.807) is 18.2 Å². The summed E-state index contributed by atoms with van der Waals surface area (Å²) in [5.41, 5.74) is 7.01. The molecule has 0 saturated heterocycles. The summed E-state index contributed by atoms with van der Waals surface area (Å²) in [6.45, 7) is 0. The zero-order valence-corrected chi connectivity index (χ0v) is 12.8. The van der Waals surface area contributed by atoms with Gasteiger partial charge in [-0.25, -0.2) is 4.99 Å². The van der Waals surface area contributed by atoms with Gasteiger partial charge in [-0.2, -0.15) is 10.5 Å². The molecule has 0 aliphatic carbocycles. The molecule has 1 aromatic carbocycles. The van der Waals surface area contributed by atoms with Crippen LogP contribution in [0.1, 0.15) is 5.56 Å². The van der Waals surface area contributed by atoms with Crippen LogP contribution < -0.4 is 15.2 Å². The minimum Gasteiger partial charge on any atom is -0.493 e. The highest BCUT2D eigenvalue weighted by Gasteiger charge is 2.30. The van der Waals surface area contributed by atoms with Crippen LogP contribution in [0.25, 0.3) is 5.57 Å². The van der Waals surface area contributed by atoms with Gasteiger partial charge in [0.2, 0.25) is 0 Å². The minimum atomic E-state index is -0.834. The number of benzene rings is 1. The maximum absolute atomic E-state index is 9.37. The second-order valence-electron chi connectivity index (χ2n) is 4.37. The van der Waals surface area contributed by atoms with Gasteiger partial charge in [-0.05, 0) is 17.7 Å². The number of thiocarbonyl (C=S) groups is 1. The van der Waals surface area contributed by atoms with E-state index in [0.717, 1.165) is 0 Å². The highest BCUT2D eigenvalue weighted by molar-refractivity contribution is 7.80. The lowest BCUT2D eigenvalue weighted by Crippen LogP contribution is -2.29. The van der Waals surface area contributed by atoms with Crippen molar-refractivity contribution in [3.05, 3.63) is 29.3 Å². The zero-order valence-electron chi connectivity index (χ0n) is 12.0. The molecule has 0 amide bonds. The van der Waals surface area contributed by atoms with E-state index in [9.17, 15) is 10.5 Å². The summed E-state index contributed by atoms with van der Waals surface area (Å²) < 4.78 is 10.4. The van der Waals surface area contributed by atoms with Gasteiger partial charge in [0.05, 0.1) is 25.9 Å². The SMILES string of the molecule is COc1ccc(C2=C(C#N)C(=S)N=C(N)C2C#N)cc1OC. The lowest BCUT2D eigenvalue weighted by atomic mass is 9.86. The number of dihydropyridines is 1. The molecule has 1 heterocycles. The van der Waals surface area contributed by atoms with Crippen molar-refractivity contribution in [2.24, 2.45) is 16.6 Å². The first-order valence-electron chi connectivity index (χ1n) is 6.22. The van der Waals surface area contributed by atoms with Crippen LogP contribution in [0.2, 0.25) is 0 Å². The van der Waals surface area contributed by atoms with Crippen LogP contribution in [-0.4, -0.2) is 25.0 Å². The average Bonchev–Trinajstić information content (AvgIpc) is 2.53. The first-order valence-corrected chi connectivity index (χ1v) is 6.62. The Morgan fingerprint density at radius 1 is 1.23 bits per heavy atom. The Morgan fingerprint density at radius 2 is 1.91 bits per heavy atom. The Hall–Kier alpha value is -2.90. The molecule has 0 radical (unpaired) electrons. The lowest BCUT2D eigenvalue weighted by Gasteiger charge is -2.21. The summed E-state index contributed by atoms with van der Waals surface area (Å²) in [6.07, 6.45) is 0. The number of aliphatic imine (C=N–C) groups is 1. The molecule has 1 aliphatic rings. The van der Waals surface area contributed by atoms with Crippen LogP contribution >= 0.6 is 12.2 Å². The van der Waals surface area contributed by atoms with Crippen LogP contribution in [0.5, 0.6) is 11.5 Å². The van der Waals surface area contributed by atoms with Crippen molar-refractivity contribution in [2.75, 3.05) is 14.2 Å². The van der Waals surface area contributed by atoms with Crippen molar-refractivity contribution in [1.82, 2.24) is 0 Å². The molecule has 22 heavy (non-hydrogen) atoms. The third-order valence-electron chi connectivity index (χ3n) is 3.23. The fourth-order valence-corrected chi connectivity index (χ4v) is 2.46. The van der Waals surface area contributed by atoms with Crippen LogP contribution in [0.3, 0.4) is 0 Å². The summed E-state index contributed by atoms with van der Waals surface area (Å²) in [7, 11) is 3.03. The van der Waals surface area contributed by atoms with Gasteiger partial charge in [0.25, 0.3) is 0 Å². The second kappa shape index (κ2) is 6.25. The van der Waals surface area contributed by atoms with Crippen molar-refractivity contribution in [3.8, 4) is 23.6 Å². The second-order valence-corrected chi connectivity index (χ2v) is 4.76. The van der Waals surface area contributed by atoms with E-state index >= 15 is 0 Å². The normalized spacial score (nSPS) is 17.4. The fraction of sp³-hybridized carbons (Fsp3) is 0.200. The Bertz CT molecular complexity index is 784. The summed E-state index contributed by atoms with van der Waals surface area (Å²) in [5.74, 6) is 0.267. The van der Waals surface area contributed by atoms with E-state index in [1.165, 1.54) is 14.2 Å². The molecule has 0 aromatic heterocycles. The van der Waals surface area contributed by atoms with Crippen LogP contribution in [0.4, 0.5) is 0 Å². The molecular weight excluding hydrogens is 300 g/mol. The van der Waals surface area contributed by atoms with Crippen molar-refractivity contribution in [2.45, 2.75) is 0 Å². The highest BCUT2D eigenvalue weighted by Crippen LogP contribution is 2.36. The third kappa shape index (κ3) is 2.50. The van der Waals surface area contributed by atoms with Crippen molar-refractivity contribution < 1.29 is 9.47 Å². The molecule has 0 spiro atoms. The van der Waals surface area contributed by atoms with E-state index in [4.69, 9.17) is 27.4 Å². The van der Waals surface area contributed by atoms with E-state index in [2.05, 4.69) is 11.1 Å². The Balaban J connectivity index is 2.69. The molecule has 0 saturated carbocycles. The number of ether oxygens (including phenoxy) is 2. The Morgan fingerprint density at radius 3 is 2.45 bits per heavy atom. The summed E-state index contributed by atoms with van der Waals surface area (Å²) in [4.78, 5) is 3.99. The molecule has 1 aromatic rings. The topological polar surface area (TPSA) is 104 Å². The molecule has 1 aliphatic heterocycles. The van der Waals surface area contributed by atoms with Gasteiger partial charge in [0.1, 0.15) is 22.8 Å². The monoisotopic (exact) mass is 312 g/mol. The maximum atomic E-state index is 9.37. The molecule has 2 rings (SSSR count). The summed E-state index contributed by atoms with van der Waals surface area (Å²) >= 11 is 5.08. The fourth-order valence-electron chi connectivity index (χ4n) is 2.20. The lowest BCUT2D eigenvalue weighted by molar-refractivity contribution is 0.355. The van der Waals surface area contributed by atoms with Gasteiger partial charge in [-0.1, -0.05) is 18.3 Å². The summed E-state index contributed by atoms with van der Waals surface area (Å²) in [5, 5.41) is 18.7. The van der Waals surface area contributed by atoms with Gasteiger partial charge < -0.3 is 15.2 Å². The zero-order chi connectivity index (χ0) is 16.3. The Labute approximate surface area is 133 Å². The molecular formula is C15H12N4O2S. The first-order chi connectivity index (χ1) is 10.6. The van der Waals surface area contributed by atoms with E-state index < -0.39 is 5.92 Å². The Kier molecular flexibility index (Phi) is 4.40. The third-order valence-corrected chi connectivity index (χ3v) is 3.53. The number of amidine groups is 1. The van der Waals surface area contributed by atoms with Crippen LogP contribution in [-0.2, 0) is 0 Å². The molecule has 110 valence electrons. The minimum absolute atomic E-state index is 0.0799. The van der Waals surface area contributed by atoms with Crippen molar-refractivity contribution >= 4 is 28.6 Å². The predicted molar refractivity (Wildman–Crippen MR) is 85.4 cm³/mol. The maximum Gasteiger partial charge on any atom is 0.161 e. The first kappa shape index (κ1) is 15.5. The number of nitriles is 2. The number of hydrogen-bond acceptors (Lipinski definition) is 6. The largest absolute Gasteiger partial charge is 0.493 e. The molecule has 0 fully saturated rings. The number of rotatable bonds is 3. The smallest absolute Gasteiger partial charge is 0.161 e. The molecule has 6 nitrogen and oxygen atoms in total. The van der Waals surface area contributed by atoms with E-state index in [-0.39, 0.29) is 16.4 Å². The van der Waals surface area contributed by atoms with Gasteiger partial charge in [0, 0.05) is 5.57 Å². The number of methoxy groups -OCH3 is 2. The van der Waals surface area contributed by atoms with Gasteiger partial charge in [-0.15, -0.1) is 0 Å². The van der Waals surface area contributed by atoms with Crippen molar-refractivity contribution in [3.63, 3.8) is 0 Å². The number of nitrogens with zero attached hydrogens (tertiary/aromatic N) is 3. The van der Waals surface area contributed by atoms with Gasteiger partial charge in [-0.3, -0.25) is 0 Å². The quantitative estimate of drug-likeness (QED) is 0.854. The van der Waals surface area contributed by atoms with Crippen LogP contribution in [0.15, 0.2) is 28.8 Å². The molecule has 0 bridgehead atoms. The predicted octanol–water partition coefficient (Wildman–Crippen LogP) is 1.82. The van der Waals surface area contributed by atoms with E-state index in [1.807, 2.05) is 6.07 Å². The van der Waals surface area contributed by atoms with Crippen LogP contribution in [0, 0.1) is 28.6 Å².